The summed E-state index contributed by atoms with van der Waals surface area (Å²) in [6.45, 7) is 9.32. The lowest BCUT2D eigenvalue weighted by Crippen LogP contribution is -2.48. The monoisotopic (exact) mass is 465 g/mol. The van der Waals surface area contributed by atoms with Crippen molar-refractivity contribution in [1.82, 2.24) is 15.2 Å². The molecule has 1 saturated heterocycles. The standard InChI is InChI=1S/C24H27N5O3S/c1-17-3-4-18(2)23-22(17)26-24(33-23)28-15-13-27(14-16-28)12-11-25-21(30)10-7-19-5-8-20(9-6-19)29(31)32/h3-10H,11-16H2,1-2H3,(H,25,30)/b10-7-. The number of carbonyl (C=O) groups is 1. The van der Waals surface area contributed by atoms with Gasteiger partial charge in [-0.2, -0.15) is 0 Å². The fourth-order valence-electron chi connectivity index (χ4n) is 3.82. The molecule has 4 rings (SSSR count). The van der Waals surface area contributed by atoms with Crippen molar-refractivity contribution in [2.45, 2.75) is 13.8 Å². The van der Waals surface area contributed by atoms with Gasteiger partial charge in [0.25, 0.3) is 5.69 Å². The van der Waals surface area contributed by atoms with Crippen molar-refractivity contribution in [2.24, 2.45) is 0 Å². The number of rotatable bonds is 7. The predicted octanol–water partition coefficient (Wildman–Crippen LogP) is 3.77. The normalized spacial score (nSPS) is 14.8. The summed E-state index contributed by atoms with van der Waals surface area (Å²) in [5.41, 5.74) is 4.38. The Morgan fingerprint density at radius 2 is 1.82 bits per heavy atom. The van der Waals surface area contributed by atoms with Crippen molar-refractivity contribution < 1.29 is 9.72 Å². The summed E-state index contributed by atoms with van der Waals surface area (Å²) in [7, 11) is 0. The lowest BCUT2D eigenvalue weighted by molar-refractivity contribution is -0.384. The van der Waals surface area contributed by atoms with Crippen LogP contribution >= 0.6 is 11.3 Å². The third-order valence-electron chi connectivity index (χ3n) is 5.83. The molecule has 0 bridgehead atoms. The Kier molecular flexibility index (Phi) is 7.00. The van der Waals surface area contributed by atoms with Crippen LogP contribution < -0.4 is 10.2 Å². The molecule has 1 fully saturated rings. The number of piperazine rings is 1. The topological polar surface area (TPSA) is 91.6 Å². The smallest absolute Gasteiger partial charge is 0.269 e. The Bertz CT molecular complexity index is 1140. The quantitative estimate of drug-likeness (QED) is 0.324. The van der Waals surface area contributed by atoms with E-state index in [4.69, 9.17) is 4.98 Å². The molecule has 8 nitrogen and oxygen atoms in total. The van der Waals surface area contributed by atoms with Gasteiger partial charge in [-0.3, -0.25) is 19.8 Å². The lowest BCUT2D eigenvalue weighted by atomic mass is 10.1. The van der Waals surface area contributed by atoms with E-state index in [0.29, 0.717) is 6.54 Å². The summed E-state index contributed by atoms with van der Waals surface area (Å²) in [6, 6.07) is 10.4. The van der Waals surface area contributed by atoms with E-state index in [1.54, 1.807) is 29.5 Å². The number of nitro groups is 1. The van der Waals surface area contributed by atoms with Crippen LogP contribution in [0.25, 0.3) is 16.3 Å². The molecule has 1 aliphatic heterocycles. The zero-order chi connectivity index (χ0) is 23.4. The highest BCUT2D eigenvalue weighted by atomic mass is 32.1. The van der Waals surface area contributed by atoms with Gasteiger partial charge in [-0.1, -0.05) is 23.5 Å². The van der Waals surface area contributed by atoms with E-state index < -0.39 is 4.92 Å². The largest absolute Gasteiger partial charge is 0.351 e. The maximum absolute atomic E-state index is 12.1. The number of hydrogen-bond donors (Lipinski definition) is 1. The molecule has 3 aromatic rings. The van der Waals surface area contributed by atoms with Crippen LogP contribution in [0.3, 0.4) is 0 Å². The molecule has 33 heavy (non-hydrogen) atoms. The highest BCUT2D eigenvalue weighted by Gasteiger charge is 2.20. The molecule has 1 aliphatic rings. The van der Waals surface area contributed by atoms with Crippen LogP contribution in [-0.4, -0.2) is 60.0 Å². The first-order valence-electron chi connectivity index (χ1n) is 10.9. The number of aromatic nitrogens is 1. The second-order valence-electron chi connectivity index (χ2n) is 8.18. The summed E-state index contributed by atoms with van der Waals surface area (Å²) in [6.07, 6.45) is 3.11. The first-order chi connectivity index (χ1) is 15.9. The number of non-ortho nitro benzene ring substituents is 1. The second kappa shape index (κ2) is 10.1. The van der Waals surface area contributed by atoms with Gasteiger partial charge in [-0.15, -0.1) is 0 Å². The SMILES string of the molecule is Cc1ccc(C)c2sc(N3CCN(CCNC(=O)/C=C\c4ccc([N+](=O)[O-])cc4)CC3)nc12. The Balaban J connectivity index is 1.21. The zero-order valence-electron chi connectivity index (χ0n) is 18.8. The molecule has 0 aliphatic carbocycles. The van der Waals surface area contributed by atoms with Gasteiger partial charge >= 0.3 is 0 Å². The average Bonchev–Trinajstić information content (AvgIpc) is 3.28. The average molecular weight is 466 g/mol. The summed E-state index contributed by atoms with van der Waals surface area (Å²) in [5, 5.41) is 14.7. The van der Waals surface area contributed by atoms with E-state index >= 15 is 0 Å². The van der Waals surface area contributed by atoms with Crippen molar-refractivity contribution in [1.29, 1.82) is 0 Å². The molecule has 0 radical (unpaired) electrons. The maximum Gasteiger partial charge on any atom is 0.269 e. The molecule has 0 spiro atoms. The third kappa shape index (κ3) is 5.55. The number of aryl methyl sites for hydroxylation is 2. The predicted molar refractivity (Wildman–Crippen MR) is 133 cm³/mol. The molecule has 0 saturated carbocycles. The molecular formula is C24H27N5O3S. The second-order valence-corrected chi connectivity index (χ2v) is 9.15. The number of fused-ring (bicyclic) bond motifs is 1. The maximum atomic E-state index is 12.1. The van der Waals surface area contributed by atoms with Gasteiger partial charge in [0.05, 0.1) is 15.1 Å². The highest BCUT2D eigenvalue weighted by molar-refractivity contribution is 7.22. The van der Waals surface area contributed by atoms with E-state index in [2.05, 4.69) is 41.1 Å². The number of hydrogen-bond acceptors (Lipinski definition) is 7. The van der Waals surface area contributed by atoms with Crippen molar-refractivity contribution >= 4 is 44.4 Å². The van der Waals surface area contributed by atoms with E-state index in [9.17, 15) is 14.9 Å². The van der Waals surface area contributed by atoms with Gasteiger partial charge in [0, 0.05) is 57.5 Å². The molecule has 2 heterocycles. The highest BCUT2D eigenvalue weighted by Crippen LogP contribution is 2.33. The van der Waals surface area contributed by atoms with Crippen molar-refractivity contribution in [3.8, 4) is 0 Å². The van der Waals surface area contributed by atoms with Gasteiger partial charge < -0.3 is 10.2 Å². The first kappa shape index (κ1) is 22.9. The van der Waals surface area contributed by atoms with Gasteiger partial charge in [0.1, 0.15) is 0 Å². The minimum absolute atomic E-state index is 0.0325. The van der Waals surface area contributed by atoms with Crippen LogP contribution in [-0.2, 0) is 4.79 Å². The molecule has 1 N–H and O–H groups in total. The van der Waals surface area contributed by atoms with E-state index in [1.165, 1.54) is 34.0 Å². The fraction of sp³-hybridized carbons (Fsp3) is 0.333. The molecule has 172 valence electrons. The summed E-state index contributed by atoms with van der Waals surface area (Å²) < 4.78 is 1.27. The Hall–Kier alpha value is -3.30. The van der Waals surface area contributed by atoms with Crippen LogP contribution in [0.15, 0.2) is 42.5 Å². The van der Waals surface area contributed by atoms with Crippen LogP contribution in [0.5, 0.6) is 0 Å². The van der Waals surface area contributed by atoms with Crippen molar-refractivity contribution in [3.63, 3.8) is 0 Å². The van der Waals surface area contributed by atoms with E-state index in [0.717, 1.165) is 48.9 Å². The number of carbonyl (C=O) groups excluding carboxylic acids is 1. The molecule has 0 unspecified atom stereocenters. The van der Waals surface area contributed by atoms with Gasteiger partial charge in [-0.05, 0) is 48.7 Å². The van der Waals surface area contributed by atoms with Gasteiger partial charge in [0.15, 0.2) is 5.13 Å². The summed E-state index contributed by atoms with van der Waals surface area (Å²) in [4.78, 5) is 31.9. The van der Waals surface area contributed by atoms with Crippen LogP contribution in [0, 0.1) is 24.0 Å². The molecule has 2 aromatic carbocycles. The van der Waals surface area contributed by atoms with E-state index in [-0.39, 0.29) is 11.6 Å². The Labute approximate surface area is 196 Å². The molecular weight excluding hydrogens is 438 g/mol. The van der Waals surface area contributed by atoms with Crippen molar-refractivity contribution in [3.05, 3.63) is 69.3 Å². The fourth-order valence-corrected chi connectivity index (χ4v) is 4.98. The number of thiazole rings is 1. The number of nitro benzene ring substituents is 1. The minimum atomic E-state index is -0.444. The molecule has 0 atom stereocenters. The summed E-state index contributed by atoms with van der Waals surface area (Å²) >= 11 is 1.77. The van der Waals surface area contributed by atoms with Crippen LogP contribution in [0.2, 0.25) is 0 Å². The Morgan fingerprint density at radius 3 is 2.48 bits per heavy atom. The zero-order valence-corrected chi connectivity index (χ0v) is 19.6. The number of anilines is 1. The Morgan fingerprint density at radius 1 is 1.12 bits per heavy atom. The lowest BCUT2D eigenvalue weighted by Gasteiger charge is -2.34. The van der Waals surface area contributed by atoms with Crippen molar-refractivity contribution in [2.75, 3.05) is 44.2 Å². The van der Waals surface area contributed by atoms with Crippen LogP contribution in [0.4, 0.5) is 10.8 Å². The first-order valence-corrected chi connectivity index (χ1v) is 11.8. The third-order valence-corrected chi connectivity index (χ3v) is 7.08. The molecule has 9 heteroatoms. The summed E-state index contributed by atoms with van der Waals surface area (Å²) in [5.74, 6) is -0.174. The molecule has 1 amide bonds. The van der Waals surface area contributed by atoms with Crippen LogP contribution in [0.1, 0.15) is 16.7 Å². The van der Waals surface area contributed by atoms with Gasteiger partial charge in [0.2, 0.25) is 5.91 Å². The number of nitrogens with zero attached hydrogens (tertiary/aromatic N) is 4. The minimum Gasteiger partial charge on any atom is -0.351 e. The van der Waals surface area contributed by atoms with E-state index in [1.807, 2.05) is 0 Å². The number of amides is 1. The number of nitrogens with one attached hydrogen (secondary N) is 1. The molecule has 1 aromatic heterocycles. The number of benzene rings is 2. The van der Waals surface area contributed by atoms with Gasteiger partial charge in [-0.25, -0.2) is 4.98 Å².